The highest BCUT2D eigenvalue weighted by Crippen LogP contribution is 2.31. The van der Waals surface area contributed by atoms with Crippen molar-refractivity contribution in [2.75, 3.05) is 13.2 Å². The zero-order valence-electron chi connectivity index (χ0n) is 16.8. The number of aryl methyl sites for hydroxylation is 1. The van der Waals surface area contributed by atoms with Gasteiger partial charge in [-0.05, 0) is 57.5 Å². The van der Waals surface area contributed by atoms with E-state index < -0.39 is 0 Å². The summed E-state index contributed by atoms with van der Waals surface area (Å²) in [6.07, 6.45) is 0. The molecule has 0 radical (unpaired) electrons. The zero-order valence-corrected chi connectivity index (χ0v) is 16.8. The molecule has 0 fully saturated rings. The van der Waals surface area contributed by atoms with Gasteiger partial charge in [0.2, 0.25) is 0 Å². The number of benzene rings is 2. The van der Waals surface area contributed by atoms with Crippen LogP contribution in [0.25, 0.3) is 10.9 Å². The Balaban J connectivity index is 1.86. The minimum Gasteiger partial charge on any atom is -0.490 e. The molecule has 0 aliphatic rings. The summed E-state index contributed by atoms with van der Waals surface area (Å²) in [6.45, 7) is 8.84. The molecular formula is C23H26N2O3. The van der Waals surface area contributed by atoms with Crippen molar-refractivity contribution in [2.45, 2.75) is 33.7 Å². The standard InChI is InChI=1S/C23H26N2O3/c1-5-27-21-12-11-17(14-22(21)28-6-2)16(4)25-23(26)19-13-15(3)24-20-10-8-7-9-18(19)20/h7-14,16H,5-6H2,1-4H3,(H,25,26). The number of para-hydroxylation sites is 1. The molecule has 0 spiro atoms. The first-order valence-corrected chi connectivity index (χ1v) is 9.60. The Morgan fingerprint density at radius 1 is 1.04 bits per heavy atom. The predicted molar refractivity (Wildman–Crippen MR) is 111 cm³/mol. The number of pyridine rings is 1. The molecule has 3 aromatic rings. The molecule has 2 aromatic carbocycles. The van der Waals surface area contributed by atoms with Gasteiger partial charge in [0.1, 0.15) is 0 Å². The van der Waals surface area contributed by atoms with Crippen molar-refractivity contribution in [3.8, 4) is 11.5 Å². The van der Waals surface area contributed by atoms with E-state index in [-0.39, 0.29) is 11.9 Å². The highest BCUT2D eigenvalue weighted by atomic mass is 16.5. The number of aromatic nitrogens is 1. The van der Waals surface area contributed by atoms with E-state index in [1.165, 1.54) is 0 Å². The number of carbonyl (C=O) groups is 1. The summed E-state index contributed by atoms with van der Waals surface area (Å²) < 4.78 is 11.3. The van der Waals surface area contributed by atoms with E-state index in [0.717, 1.165) is 22.2 Å². The van der Waals surface area contributed by atoms with E-state index >= 15 is 0 Å². The number of carbonyl (C=O) groups excluding carboxylic acids is 1. The third-order valence-electron chi connectivity index (χ3n) is 4.50. The lowest BCUT2D eigenvalue weighted by Gasteiger charge is -2.18. The third kappa shape index (κ3) is 4.25. The fourth-order valence-corrected chi connectivity index (χ4v) is 3.19. The van der Waals surface area contributed by atoms with E-state index in [1.54, 1.807) is 0 Å². The van der Waals surface area contributed by atoms with Crippen LogP contribution in [-0.4, -0.2) is 24.1 Å². The lowest BCUT2D eigenvalue weighted by atomic mass is 10.0. The number of hydrogen-bond acceptors (Lipinski definition) is 4. The van der Waals surface area contributed by atoms with Crippen molar-refractivity contribution in [2.24, 2.45) is 0 Å². The lowest BCUT2D eigenvalue weighted by molar-refractivity contribution is 0.0941. The SMILES string of the molecule is CCOc1ccc(C(C)NC(=O)c2cc(C)nc3ccccc23)cc1OCC. The summed E-state index contributed by atoms with van der Waals surface area (Å²) in [5.74, 6) is 1.27. The van der Waals surface area contributed by atoms with Gasteiger partial charge in [0.25, 0.3) is 5.91 Å². The van der Waals surface area contributed by atoms with E-state index in [2.05, 4.69) is 10.3 Å². The summed E-state index contributed by atoms with van der Waals surface area (Å²) in [6, 6.07) is 15.1. The second-order valence-corrected chi connectivity index (χ2v) is 6.60. The molecule has 146 valence electrons. The second-order valence-electron chi connectivity index (χ2n) is 6.60. The molecule has 1 aromatic heterocycles. The molecule has 1 atom stereocenters. The number of hydrogen-bond donors (Lipinski definition) is 1. The van der Waals surface area contributed by atoms with Crippen molar-refractivity contribution in [3.63, 3.8) is 0 Å². The molecule has 1 N–H and O–H groups in total. The number of fused-ring (bicyclic) bond motifs is 1. The van der Waals surface area contributed by atoms with E-state index in [1.807, 2.05) is 76.2 Å². The van der Waals surface area contributed by atoms with Crippen molar-refractivity contribution in [1.82, 2.24) is 10.3 Å². The van der Waals surface area contributed by atoms with Gasteiger partial charge in [-0.3, -0.25) is 9.78 Å². The number of ether oxygens (including phenoxy) is 2. The van der Waals surface area contributed by atoms with Crippen molar-refractivity contribution >= 4 is 16.8 Å². The smallest absolute Gasteiger partial charge is 0.252 e. The van der Waals surface area contributed by atoms with Crippen LogP contribution >= 0.6 is 0 Å². The minimum atomic E-state index is -0.186. The second kappa shape index (κ2) is 8.74. The number of nitrogens with one attached hydrogen (secondary N) is 1. The fraction of sp³-hybridized carbons (Fsp3) is 0.304. The summed E-state index contributed by atoms with van der Waals surface area (Å²) in [5.41, 5.74) is 3.22. The van der Waals surface area contributed by atoms with Crippen molar-refractivity contribution in [1.29, 1.82) is 0 Å². The van der Waals surface area contributed by atoms with Crippen LogP contribution in [0, 0.1) is 6.92 Å². The third-order valence-corrected chi connectivity index (χ3v) is 4.50. The van der Waals surface area contributed by atoms with Crippen LogP contribution in [-0.2, 0) is 0 Å². The molecule has 5 heteroatoms. The molecule has 0 aliphatic carbocycles. The van der Waals surface area contributed by atoms with E-state index in [9.17, 15) is 4.79 Å². The monoisotopic (exact) mass is 378 g/mol. The van der Waals surface area contributed by atoms with Crippen LogP contribution in [0.3, 0.4) is 0 Å². The molecule has 28 heavy (non-hydrogen) atoms. The van der Waals surface area contributed by atoms with Gasteiger partial charge in [-0.1, -0.05) is 24.3 Å². The number of rotatable bonds is 7. The Bertz CT molecular complexity index is 985. The Hall–Kier alpha value is -3.08. The van der Waals surface area contributed by atoms with Gasteiger partial charge >= 0.3 is 0 Å². The first-order valence-electron chi connectivity index (χ1n) is 9.60. The summed E-state index contributed by atoms with van der Waals surface area (Å²) >= 11 is 0. The molecule has 0 saturated carbocycles. The minimum absolute atomic E-state index is 0.124. The lowest BCUT2D eigenvalue weighted by Crippen LogP contribution is -2.27. The normalized spacial score (nSPS) is 11.9. The van der Waals surface area contributed by atoms with E-state index in [0.29, 0.717) is 30.3 Å². The van der Waals surface area contributed by atoms with Gasteiger partial charge < -0.3 is 14.8 Å². The summed E-state index contributed by atoms with van der Waals surface area (Å²) in [7, 11) is 0. The maximum Gasteiger partial charge on any atom is 0.252 e. The largest absolute Gasteiger partial charge is 0.490 e. The van der Waals surface area contributed by atoms with Crippen molar-refractivity contribution in [3.05, 3.63) is 65.4 Å². The van der Waals surface area contributed by atoms with Gasteiger partial charge in [-0.2, -0.15) is 0 Å². The average molecular weight is 378 g/mol. The van der Waals surface area contributed by atoms with Gasteiger partial charge in [0, 0.05) is 11.1 Å². The maximum absolute atomic E-state index is 13.0. The quantitative estimate of drug-likeness (QED) is 0.640. The highest BCUT2D eigenvalue weighted by Gasteiger charge is 2.17. The Morgan fingerprint density at radius 2 is 1.75 bits per heavy atom. The van der Waals surface area contributed by atoms with Crippen LogP contribution in [0.15, 0.2) is 48.5 Å². The van der Waals surface area contributed by atoms with Gasteiger partial charge in [-0.25, -0.2) is 0 Å². The van der Waals surface area contributed by atoms with Crippen LogP contribution in [0.1, 0.15) is 48.4 Å². The topological polar surface area (TPSA) is 60.5 Å². The molecule has 0 bridgehead atoms. The van der Waals surface area contributed by atoms with Gasteiger partial charge in [0.05, 0.1) is 30.3 Å². The Labute approximate surface area is 165 Å². The number of amides is 1. The Kier molecular flexibility index (Phi) is 6.14. The summed E-state index contributed by atoms with van der Waals surface area (Å²) in [5, 5.41) is 3.94. The fourth-order valence-electron chi connectivity index (χ4n) is 3.19. The molecule has 5 nitrogen and oxygen atoms in total. The molecule has 3 rings (SSSR count). The summed E-state index contributed by atoms with van der Waals surface area (Å²) in [4.78, 5) is 17.5. The first-order chi connectivity index (χ1) is 13.5. The molecule has 0 aliphatic heterocycles. The van der Waals surface area contributed by atoms with Crippen LogP contribution in [0.5, 0.6) is 11.5 Å². The molecule has 1 amide bonds. The Morgan fingerprint density at radius 3 is 2.50 bits per heavy atom. The predicted octanol–water partition coefficient (Wildman–Crippen LogP) is 4.83. The zero-order chi connectivity index (χ0) is 20.1. The van der Waals surface area contributed by atoms with E-state index in [4.69, 9.17) is 9.47 Å². The van der Waals surface area contributed by atoms with Gasteiger partial charge in [0.15, 0.2) is 11.5 Å². The van der Waals surface area contributed by atoms with Gasteiger partial charge in [-0.15, -0.1) is 0 Å². The number of nitrogens with zero attached hydrogens (tertiary/aromatic N) is 1. The molecule has 1 heterocycles. The maximum atomic E-state index is 13.0. The first kappa shape index (κ1) is 19.7. The van der Waals surface area contributed by atoms with Crippen LogP contribution in [0.4, 0.5) is 0 Å². The molecule has 1 unspecified atom stereocenters. The van der Waals surface area contributed by atoms with Crippen molar-refractivity contribution < 1.29 is 14.3 Å². The van der Waals surface area contributed by atoms with Crippen LogP contribution < -0.4 is 14.8 Å². The average Bonchev–Trinajstić information content (AvgIpc) is 2.68. The molecule has 0 saturated heterocycles. The van der Waals surface area contributed by atoms with Crippen LogP contribution in [0.2, 0.25) is 0 Å². The molecular weight excluding hydrogens is 352 g/mol. The highest BCUT2D eigenvalue weighted by molar-refractivity contribution is 6.06.